The number of allylic oxidation sites excluding steroid dienone is 1. The van der Waals surface area contributed by atoms with Crippen LogP contribution < -0.4 is 0 Å². The molecular formula is C27H19BrN4S. The van der Waals surface area contributed by atoms with Gasteiger partial charge in [0, 0.05) is 20.8 Å². The van der Waals surface area contributed by atoms with Gasteiger partial charge in [-0.05, 0) is 48.6 Å². The van der Waals surface area contributed by atoms with Gasteiger partial charge in [0.25, 0.3) is 0 Å². The molecule has 1 aliphatic carbocycles. The predicted molar refractivity (Wildman–Crippen MR) is 134 cm³/mol. The summed E-state index contributed by atoms with van der Waals surface area (Å²) in [7, 11) is 0. The molecule has 2 aromatic carbocycles. The van der Waals surface area contributed by atoms with E-state index in [1.54, 1.807) is 0 Å². The fraction of sp³-hybridized carbons (Fsp3) is 0.185. The van der Waals surface area contributed by atoms with E-state index in [-0.39, 0.29) is 10.8 Å². The number of benzene rings is 2. The van der Waals surface area contributed by atoms with Crippen molar-refractivity contribution in [1.29, 1.82) is 15.8 Å². The Labute approximate surface area is 206 Å². The number of nitrogens with zero attached hydrogens (tertiary/aromatic N) is 4. The van der Waals surface area contributed by atoms with Crippen molar-refractivity contribution >= 4 is 27.7 Å². The van der Waals surface area contributed by atoms with Crippen LogP contribution in [0.1, 0.15) is 31.2 Å². The molecule has 0 aliphatic heterocycles. The van der Waals surface area contributed by atoms with E-state index in [2.05, 4.69) is 34.1 Å². The van der Waals surface area contributed by atoms with Gasteiger partial charge in [-0.15, -0.1) is 0 Å². The SMILES string of the molecule is N#CC(C#N)=C1CCCCC1Sc1nc(-c2ccc(Br)cc2)cc(-c2ccccc2)c1C#N. The zero-order chi connectivity index (χ0) is 23.2. The summed E-state index contributed by atoms with van der Waals surface area (Å²) < 4.78 is 0.982. The van der Waals surface area contributed by atoms with E-state index in [0.29, 0.717) is 10.6 Å². The van der Waals surface area contributed by atoms with E-state index >= 15 is 0 Å². The van der Waals surface area contributed by atoms with Crippen LogP contribution in [0, 0.1) is 34.0 Å². The van der Waals surface area contributed by atoms with Gasteiger partial charge in [0.15, 0.2) is 0 Å². The molecule has 1 aliphatic rings. The molecule has 33 heavy (non-hydrogen) atoms. The Morgan fingerprint density at radius 1 is 0.939 bits per heavy atom. The van der Waals surface area contributed by atoms with Gasteiger partial charge in [0.1, 0.15) is 28.8 Å². The summed E-state index contributed by atoms with van der Waals surface area (Å²) in [5.41, 5.74) is 5.10. The van der Waals surface area contributed by atoms with Crippen molar-refractivity contribution in [2.45, 2.75) is 36.0 Å². The molecule has 0 amide bonds. The summed E-state index contributed by atoms with van der Waals surface area (Å²) in [4.78, 5) is 4.91. The van der Waals surface area contributed by atoms with Crippen molar-refractivity contribution in [3.05, 3.63) is 81.8 Å². The van der Waals surface area contributed by atoms with Crippen molar-refractivity contribution < 1.29 is 0 Å². The van der Waals surface area contributed by atoms with E-state index < -0.39 is 0 Å². The molecular weight excluding hydrogens is 492 g/mol. The molecule has 160 valence electrons. The Balaban J connectivity index is 1.88. The first-order chi connectivity index (χ1) is 16.1. The maximum atomic E-state index is 10.1. The van der Waals surface area contributed by atoms with Crippen molar-refractivity contribution in [2.75, 3.05) is 0 Å². The number of halogens is 1. The molecule has 0 radical (unpaired) electrons. The molecule has 1 saturated carbocycles. The van der Waals surface area contributed by atoms with Crippen molar-refractivity contribution in [3.8, 4) is 40.6 Å². The highest BCUT2D eigenvalue weighted by Crippen LogP contribution is 2.42. The highest BCUT2D eigenvalue weighted by Gasteiger charge is 2.26. The van der Waals surface area contributed by atoms with Crippen LogP contribution in [-0.4, -0.2) is 10.2 Å². The molecule has 1 unspecified atom stereocenters. The lowest BCUT2D eigenvalue weighted by atomic mass is 9.91. The van der Waals surface area contributed by atoms with Gasteiger partial charge in [-0.1, -0.05) is 76.6 Å². The van der Waals surface area contributed by atoms with Crippen LogP contribution in [-0.2, 0) is 0 Å². The number of nitriles is 3. The zero-order valence-corrected chi connectivity index (χ0v) is 20.2. The summed E-state index contributed by atoms with van der Waals surface area (Å²) in [6, 6.07) is 26.2. The van der Waals surface area contributed by atoms with E-state index in [9.17, 15) is 15.8 Å². The fourth-order valence-corrected chi connectivity index (χ4v) is 5.65. The Morgan fingerprint density at radius 2 is 1.67 bits per heavy atom. The lowest BCUT2D eigenvalue weighted by molar-refractivity contribution is 0.606. The van der Waals surface area contributed by atoms with Gasteiger partial charge in [-0.2, -0.15) is 15.8 Å². The van der Waals surface area contributed by atoms with Crippen molar-refractivity contribution in [2.24, 2.45) is 0 Å². The second kappa shape index (κ2) is 10.5. The molecule has 1 fully saturated rings. The minimum atomic E-state index is -0.0450. The molecule has 6 heteroatoms. The summed E-state index contributed by atoms with van der Waals surface area (Å²) in [5.74, 6) is 0. The minimum absolute atomic E-state index is 0.0450. The number of pyridine rings is 1. The lowest BCUT2D eigenvalue weighted by Crippen LogP contribution is -2.15. The monoisotopic (exact) mass is 510 g/mol. The van der Waals surface area contributed by atoms with Gasteiger partial charge in [-0.25, -0.2) is 4.98 Å². The standard InChI is InChI=1S/C27H19BrN4S/c28-21-12-10-19(11-13-21)25-14-23(18-6-2-1-3-7-18)24(17-31)27(32-25)33-26-9-5-4-8-22(26)20(15-29)16-30/h1-3,6-7,10-14,26H,4-5,8-9H2. The normalized spacial score (nSPS) is 15.2. The first kappa shape index (κ1) is 22.8. The highest BCUT2D eigenvalue weighted by atomic mass is 79.9. The largest absolute Gasteiger partial charge is 0.240 e. The Morgan fingerprint density at radius 3 is 2.33 bits per heavy atom. The summed E-state index contributed by atoms with van der Waals surface area (Å²) in [6.45, 7) is 0. The van der Waals surface area contributed by atoms with E-state index in [0.717, 1.165) is 58.1 Å². The first-order valence-electron chi connectivity index (χ1n) is 10.6. The third-order valence-electron chi connectivity index (χ3n) is 5.67. The number of hydrogen-bond donors (Lipinski definition) is 0. The van der Waals surface area contributed by atoms with Gasteiger partial charge in [0.05, 0.1) is 11.3 Å². The predicted octanol–water partition coefficient (Wildman–Crippen LogP) is 7.43. The molecule has 1 aromatic heterocycles. The van der Waals surface area contributed by atoms with Crippen LogP contribution in [0.15, 0.2) is 81.3 Å². The van der Waals surface area contributed by atoms with Gasteiger partial charge < -0.3 is 0 Å². The Bertz CT molecular complexity index is 1310. The lowest BCUT2D eigenvalue weighted by Gasteiger charge is -2.25. The van der Waals surface area contributed by atoms with Crippen molar-refractivity contribution in [3.63, 3.8) is 0 Å². The fourth-order valence-electron chi connectivity index (χ4n) is 4.03. The topological polar surface area (TPSA) is 84.3 Å². The molecule has 0 saturated heterocycles. The molecule has 0 N–H and O–H groups in total. The van der Waals surface area contributed by atoms with Crippen LogP contribution in [0.25, 0.3) is 22.4 Å². The van der Waals surface area contributed by atoms with E-state index in [1.807, 2.05) is 60.7 Å². The van der Waals surface area contributed by atoms with Crippen LogP contribution in [0.5, 0.6) is 0 Å². The molecule has 3 aromatic rings. The average Bonchev–Trinajstić information content (AvgIpc) is 2.86. The van der Waals surface area contributed by atoms with Crippen molar-refractivity contribution in [1.82, 2.24) is 4.98 Å². The summed E-state index contributed by atoms with van der Waals surface area (Å²) >= 11 is 4.98. The number of aromatic nitrogens is 1. The molecule has 4 nitrogen and oxygen atoms in total. The number of hydrogen-bond acceptors (Lipinski definition) is 5. The van der Waals surface area contributed by atoms with Crippen LogP contribution in [0.4, 0.5) is 0 Å². The maximum absolute atomic E-state index is 10.1. The Hall–Kier alpha value is -3.37. The summed E-state index contributed by atoms with van der Waals surface area (Å²) in [5, 5.41) is 29.6. The zero-order valence-electron chi connectivity index (χ0n) is 17.8. The molecule has 0 bridgehead atoms. The third kappa shape index (κ3) is 5.01. The van der Waals surface area contributed by atoms with Gasteiger partial charge in [0.2, 0.25) is 0 Å². The Kier molecular flexibility index (Phi) is 7.26. The second-order valence-corrected chi connectivity index (χ2v) is 9.80. The first-order valence-corrected chi connectivity index (χ1v) is 12.3. The number of rotatable bonds is 4. The molecule has 4 rings (SSSR count). The van der Waals surface area contributed by atoms with Crippen LogP contribution in [0.2, 0.25) is 0 Å². The average molecular weight is 511 g/mol. The smallest absolute Gasteiger partial charge is 0.130 e. The second-order valence-electron chi connectivity index (χ2n) is 7.70. The minimum Gasteiger partial charge on any atom is -0.240 e. The number of thioether (sulfide) groups is 1. The van der Waals surface area contributed by atoms with Gasteiger partial charge >= 0.3 is 0 Å². The summed E-state index contributed by atoms with van der Waals surface area (Å²) in [6.07, 6.45) is 3.56. The molecule has 1 atom stereocenters. The maximum Gasteiger partial charge on any atom is 0.130 e. The molecule has 1 heterocycles. The quantitative estimate of drug-likeness (QED) is 0.340. The van der Waals surface area contributed by atoms with E-state index in [1.165, 1.54) is 11.8 Å². The highest BCUT2D eigenvalue weighted by molar-refractivity contribution is 9.10. The van der Waals surface area contributed by atoms with Gasteiger partial charge in [-0.3, -0.25) is 0 Å². The molecule has 0 spiro atoms. The third-order valence-corrected chi connectivity index (χ3v) is 7.52. The van der Waals surface area contributed by atoms with Crippen LogP contribution in [0.3, 0.4) is 0 Å². The van der Waals surface area contributed by atoms with E-state index in [4.69, 9.17) is 4.98 Å². The van der Waals surface area contributed by atoms with Crippen LogP contribution >= 0.6 is 27.7 Å².